The van der Waals surface area contributed by atoms with Crippen molar-refractivity contribution in [1.29, 1.82) is 0 Å². The normalized spacial score (nSPS) is 8.67. The average Bonchev–Trinajstić information content (AvgIpc) is 1.87. The standard InChI is InChI=1S/C6H11NO2/c1-3-5(2)6(8)9-4-7/h2-4,7H2,1H3. The Kier molecular flexibility index (Phi) is 3.71. The summed E-state index contributed by atoms with van der Waals surface area (Å²) in [7, 11) is 0. The van der Waals surface area contributed by atoms with Gasteiger partial charge in [0.15, 0.2) is 0 Å². The minimum Gasteiger partial charge on any atom is -0.447 e. The Bertz CT molecular complexity index is 120. The number of nitrogens with two attached hydrogens (primary N) is 1. The molecule has 0 radical (unpaired) electrons. The molecule has 3 nitrogen and oxygen atoms in total. The van der Waals surface area contributed by atoms with Gasteiger partial charge in [-0.3, -0.25) is 5.73 Å². The van der Waals surface area contributed by atoms with E-state index in [-0.39, 0.29) is 6.73 Å². The lowest BCUT2D eigenvalue weighted by molar-refractivity contribution is -0.138. The highest BCUT2D eigenvalue weighted by Crippen LogP contribution is 1.97. The van der Waals surface area contributed by atoms with E-state index in [2.05, 4.69) is 11.3 Å². The summed E-state index contributed by atoms with van der Waals surface area (Å²) in [6.45, 7) is 5.22. The third-order valence-electron chi connectivity index (χ3n) is 0.930. The molecule has 0 rings (SSSR count). The zero-order chi connectivity index (χ0) is 7.28. The van der Waals surface area contributed by atoms with Crippen LogP contribution in [0.3, 0.4) is 0 Å². The SMILES string of the molecule is C=C(CC)C(=O)OCN. The summed E-state index contributed by atoms with van der Waals surface area (Å²) in [6.07, 6.45) is 0.610. The Morgan fingerprint density at radius 2 is 2.33 bits per heavy atom. The van der Waals surface area contributed by atoms with Crippen LogP contribution in [0.15, 0.2) is 12.2 Å². The minimum absolute atomic E-state index is 0.0716. The van der Waals surface area contributed by atoms with Crippen LogP contribution in [0.25, 0.3) is 0 Å². The molecular weight excluding hydrogens is 118 g/mol. The zero-order valence-electron chi connectivity index (χ0n) is 5.52. The Hall–Kier alpha value is -0.830. The van der Waals surface area contributed by atoms with Gasteiger partial charge in [-0.25, -0.2) is 4.79 Å². The van der Waals surface area contributed by atoms with Crippen LogP contribution in [-0.2, 0) is 9.53 Å². The summed E-state index contributed by atoms with van der Waals surface area (Å²) in [5.41, 5.74) is 5.40. The third kappa shape index (κ3) is 2.87. The monoisotopic (exact) mass is 129 g/mol. The third-order valence-corrected chi connectivity index (χ3v) is 0.930. The van der Waals surface area contributed by atoms with Crippen LogP contribution in [0.1, 0.15) is 13.3 Å². The fraction of sp³-hybridized carbons (Fsp3) is 0.500. The second-order valence-corrected chi connectivity index (χ2v) is 1.56. The van der Waals surface area contributed by atoms with Crippen molar-refractivity contribution in [1.82, 2.24) is 0 Å². The molecule has 0 aliphatic carbocycles. The van der Waals surface area contributed by atoms with Crippen molar-refractivity contribution in [3.05, 3.63) is 12.2 Å². The second kappa shape index (κ2) is 4.09. The van der Waals surface area contributed by atoms with E-state index in [1.54, 1.807) is 0 Å². The number of ether oxygens (including phenoxy) is 1. The maximum atomic E-state index is 10.6. The number of carbonyl (C=O) groups is 1. The summed E-state index contributed by atoms with van der Waals surface area (Å²) in [4.78, 5) is 10.6. The molecule has 0 aromatic rings. The van der Waals surface area contributed by atoms with Crippen molar-refractivity contribution < 1.29 is 9.53 Å². The number of rotatable bonds is 3. The summed E-state index contributed by atoms with van der Waals surface area (Å²) in [6, 6.07) is 0. The quantitative estimate of drug-likeness (QED) is 0.341. The van der Waals surface area contributed by atoms with Gasteiger partial charge in [0.2, 0.25) is 0 Å². The van der Waals surface area contributed by atoms with Crippen molar-refractivity contribution in [2.45, 2.75) is 13.3 Å². The summed E-state index contributed by atoms with van der Waals surface area (Å²) in [5.74, 6) is -0.403. The number of esters is 1. The molecule has 0 aliphatic heterocycles. The smallest absolute Gasteiger partial charge is 0.334 e. The lowest BCUT2D eigenvalue weighted by Gasteiger charge is -1.99. The molecular formula is C6H11NO2. The molecule has 0 unspecified atom stereocenters. The second-order valence-electron chi connectivity index (χ2n) is 1.56. The molecule has 9 heavy (non-hydrogen) atoms. The predicted octanol–water partition coefficient (Wildman–Crippen LogP) is 0.412. The first kappa shape index (κ1) is 8.17. The van der Waals surface area contributed by atoms with Gasteiger partial charge in [-0.1, -0.05) is 13.5 Å². The molecule has 0 atom stereocenters. The van der Waals surface area contributed by atoms with Gasteiger partial charge >= 0.3 is 5.97 Å². The summed E-state index contributed by atoms with van der Waals surface area (Å²) < 4.78 is 4.43. The van der Waals surface area contributed by atoms with Gasteiger partial charge in [0.1, 0.15) is 6.73 Å². The first-order valence-electron chi connectivity index (χ1n) is 2.77. The average molecular weight is 129 g/mol. The van der Waals surface area contributed by atoms with E-state index in [0.29, 0.717) is 12.0 Å². The van der Waals surface area contributed by atoms with Gasteiger partial charge in [0.05, 0.1) is 0 Å². The van der Waals surface area contributed by atoms with Crippen LogP contribution in [-0.4, -0.2) is 12.7 Å². The fourth-order valence-corrected chi connectivity index (χ4v) is 0.322. The van der Waals surface area contributed by atoms with E-state index in [9.17, 15) is 4.79 Å². The van der Waals surface area contributed by atoms with Crippen LogP contribution >= 0.6 is 0 Å². The van der Waals surface area contributed by atoms with Gasteiger partial charge in [-0.15, -0.1) is 0 Å². The van der Waals surface area contributed by atoms with Gasteiger partial charge in [-0.05, 0) is 6.42 Å². The number of hydrogen-bond acceptors (Lipinski definition) is 3. The summed E-state index contributed by atoms with van der Waals surface area (Å²) in [5, 5.41) is 0. The van der Waals surface area contributed by atoms with Crippen LogP contribution in [0.4, 0.5) is 0 Å². The highest BCUT2D eigenvalue weighted by Gasteiger charge is 2.02. The molecule has 3 heteroatoms. The van der Waals surface area contributed by atoms with Crippen LogP contribution < -0.4 is 5.73 Å². The number of hydrogen-bond donors (Lipinski definition) is 1. The topological polar surface area (TPSA) is 52.3 Å². The van der Waals surface area contributed by atoms with Crippen molar-refractivity contribution in [2.75, 3.05) is 6.73 Å². The van der Waals surface area contributed by atoms with Crippen LogP contribution in [0.2, 0.25) is 0 Å². The molecule has 0 saturated carbocycles. The van der Waals surface area contributed by atoms with Crippen LogP contribution in [0.5, 0.6) is 0 Å². The fourth-order valence-electron chi connectivity index (χ4n) is 0.322. The molecule has 0 saturated heterocycles. The maximum absolute atomic E-state index is 10.6. The van der Waals surface area contributed by atoms with E-state index < -0.39 is 5.97 Å². The molecule has 0 aromatic heterocycles. The molecule has 0 aromatic carbocycles. The number of carbonyl (C=O) groups excluding carboxylic acids is 1. The molecule has 2 N–H and O–H groups in total. The van der Waals surface area contributed by atoms with E-state index in [4.69, 9.17) is 5.73 Å². The van der Waals surface area contributed by atoms with E-state index in [1.807, 2.05) is 6.92 Å². The Morgan fingerprint density at radius 1 is 1.78 bits per heavy atom. The first-order valence-corrected chi connectivity index (χ1v) is 2.77. The first-order chi connectivity index (χ1) is 4.22. The van der Waals surface area contributed by atoms with Gasteiger partial charge in [0, 0.05) is 5.57 Å². The van der Waals surface area contributed by atoms with Crippen molar-refractivity contribution in [3.63, 3.8) is 0 Å². The van der Waals surface area contributed by atoms with Gasteiger partial charge < -0.3 is 4.74 Å². The Labute approximate surface area is 54.5 Å². The Morgan fingerprint density at radius 3 is 2.67 bits per heavy atom. The van der Waals surface area contributed by atoms with Gasteiger partial charge in [0.25, 0.3) is 0 Å². The van der Waals surface area contributed by atoms with E-state index in [1.165, 1.54) is 0 Å². The summed E-state index contributed by atoms with van der Waals surface area (Å²) >= 11 is 0. The van der Waals surface area contributed by atoms with E-state index in [0.717, 1.165) is 0 Å². The molecule has 0 spiro atoms. The molecule has 52 valence electrons. The molecule has 0 amide bonds. The van der Waals surface area contributed by atoms with Crippen molar-refractivity contribution in [2.24, 2.45) is 5.73 Å². The van der Waals surface area contributed by atoms with Gasteiger partial charge in [-0.2, -0.15) is 0 Å². The molecule has 0 heterocycles. The van der Waals surface area contributed by atoms with Crippen molar-refractivity contribution in [3.8, 4) is 0 Å². The van der Waals surface area contributed by atoms with Crippen molar-refractivity contribution >= 4 is 5.97 Å². The molecule has 0 fully saturated rings. The predicted molar refractivity (Wildman–Crippen MR) is 34.6 cm³/mol. The molecule has 0 aliphatic rings. The zero-order valence-corrected chi connectivity index (χ0v) is 5.52. The maximum Gasteiger partial charge on any atom is 0.334 e. The minimum atomic E-state index is -0.403. The lowest BCUT2D eigenvalue weighted by atomic mass is 10.2. The highest BCUT2D eigenvalue weighted by atomic mass is 16.5. The van der Waals surface area contributed by atoms with E-state index >= 15 is 0 Å². The Balaban J connectivity index is 3.60. The highest BCUT2D eigenvalue weighted by molar-refractivity contribution is 5.87. The largest absolute Gasteiger partial charge is 0.447 e. The van der Waals surface area contributed by atoms with Crippen LogP contribution in [0, 0.1) is 0 Å². The lowest BCUT2D eigenvalue weighted by Crippen LogP contribution is -2.12. The molecule has 0 bridgehead atoms.